The van der Waals surface area contributed by atoms with Crippen LogP contribution >= 0.6 is 0 Å². The number of benzene rings is 1. The molecule has 0 aliphatic rings. The Labute approximate surface area is 201 Å². The van der Waals surface area contributed by atoms with Crippen molar-refractivity contribution in [2.24, 2.45) is 17.6 Å². The highest BCUT2D eigenvalue weighted by atomic mass is 16.5. The summed E-state index contributed by atoms with van der Waals surface area (Å²) in [4.78, 5) is 23.2. The van der Waals surface area contributed by atoms with Crippen LogP contribution in [0.3, 0.4) is 0 Å². The van der Waals surface area contributed by atoms with E-state index in [1.54, 1.807) is 21.3 Å². The van der Waals surface area contributed by atoms with Gasteiger partial charge in [-0.2, -0.15) is 0 Å². The number of nitrogens with one attached hydrogen (secondary N) is 2. The second kappa shape index (κ2) is 13.3. The van der Waals surface area contributed by atoms with Gasteiger partial charge in [-0.05, 0) is 42.4 Å². The molecule has 0 unspecified atom stereocenters. The number of nitrogens with two attached hydrogens (primary N) is 1. The second-order valence-corrected chi connectivity index (χ2v) is 8.89. The summed E-state index contributed by atoms with van der Waals surface area (Å²) in [6.45, 7) is 5.52. The van der Waals surface area contributed by atoms with Gasteiger partial charge in [0.15, 0.2) is 11.5 Å². The summed E-state index contributed by atoms with van der Waals surface area (Å²) >= 11 is 0. The molecule has 2 rings (SSSR count). The fourth-order valence-electron chi connectivity index (χ4n) is 3.90. The van der Waals surface area contributed by atoms with Gasteiger partial charge in [0.2, 0.25) is 0 Å². The van der Waals surface area contributed by atoms with Gasteiger partial charge in [-0.1, -0.05) is 19.9 Å². The minimum absolute atomic E-state index is 0.0908. The largest absolute Gasteiger partial charge is 0.493 e. The lowest BCUT2D eigenvalue weighted by Crippen LogP contribution is -2.44. The summed E-state index contributed by atoms with van der Waals surface area (Å²) in [5, 5.41) is 16.1. The van der Waals surface area contributed by atoms with Crippen LogP contribution in [0.5, 0.6) is 11.5 Å². The topological polar surface area (TPSA) is 132 Å². The summed E-state index contributed by atoms with van der Waals surface area (Å²) in [5.41, 5.74) is 6.74. The third-order valence-electron chi connectivity index (χ3n) is 6.14. The number of aliphatic hydroxyl groups excluding tert-OH is 1. The minimum atomic E-state index is -0.870. The maximum atomic E-state index is 11.7. The monoisotopic (exact) mass is 477 g/mol. The fourth-order valence-corrected chi connectivity index (χ4v) is 3.90. The standard InChI is InChI=1S/C25H39N3O6/c1-15(2)17(11-16-7-8-20(33-5)21(12-16)34-10-6-9-32-4)13-18(26)19(29)14-28-23-22(27-3)24(30)25(23)31/h7-8,12,15,17-19,27-29H,6,9-11,13-14,26H2,1-5H3/t17-,18-,19-/m0/s1. The fraction of sp³-hybridized carbons (Fsp3) is 0.600. The molecule has 0 aliphatic heterocycles. The molecule has 0 fully saturated rings. The molecule has 0 aliphatic carbocycles. The molecule has 190 valence electrons. The van der Waals surface area contributed by atoms with Crippen LogP contribution in [-0.2, 0) is 11.2 Å². The lowest BCUT2D eigenvalue weighted by atomic mass is 9.83. The molecular formula is C25H39N3O6. The van der Waals surface area contributed by atoms with Crippen molar-refractivity contribution in [2.45, 2.75) is 45.3 Å². The average molecular weight is 478 g/mol. The van der Waals surface area contributed by atoms with E-state index < -0.39 is 23.0 Å². The third kappa shape index (κ3) is 7.19. The van der Waals surface area contributed by atoms with E-state index in [4.69, 9.17) is 19.9 Å². The van der Waals surface area contributed by atoms with Crippen molar-refractivity contribution in [3.8, 4) is 11.5 Å². The van der Waals surface area contributed by atoms with E-state index >= 15 is 0 Å². The zero-order valence-corrected chi connectivity index (χ0v) is 20.8. The van der Waals surface area contributed by atoms with Crippen LogP contribution in [0.25, 0.3) is 0 Å². The molecule has 2 aromatic rings. The molecular weight excluding hydrogens is 438 g/mol. The molecule has 0 heterocycles. The number of hydrogen-bond donors (Lipinski definition) is 4. The maximum absolute atomic E-state index is 11.7. The van der Waals surface area contributed by atoms with E-state index in [2.05, 4.69) is 24.5 Å². The molecule has 0 radical (unpaired) electrons. The molecule has 0 aromatic heterocycles. The highest BCUT2D eigenvalue weighted by Crippen LogP contribution is 2.31. The molecule has 0 amide bonds. The summed E-state index contributed by atoms with van der Waals surface area (Å²) in [6.07, 6.45) is 1.28. The van der Waals surface area contributed by atoms with Gasteiger partial charge in [0.05, 0.1) is 19.8 Å². The number of aliphatic hydroxyl groups is 1. The minimum Gasteiger partial charge on any atom is -0.493 e. The maximum Gasteiger partial charge on any atom is 0.253 e. The van der Waals surface area contributed by atoms with Crippen LogP contribution < -0.4 is 36.7 Å². The first-order chi connectivity index (χ1) is 16.2. The van der Waals surface area contributed by atoms with Gasteiger partial charge in [0.25, 0.3) is 10.9 Å². The summed E-state index contributed by atoms with van der Waals surface area (Å²) in [6, 6.07) is 5.42. The van der Waals surface area contributed by atoms with Crippen molar-refractivity contribution in [1.29, 1.82) is 0 Å². The Hall–Kier alpha value is -2.62. The number of methoxy groups -OCH3 is 2. The van der Waals surface area contributed by atoms with E-state index in [1.807, 2.05) is 18.2 Å². The highest BCUT2D eigenvalue weighted by Gasteiger charge is 2.25. The Morgan fingerprint density at radius 1 is 1.06 bits per heavy atom. The lowest BCUT2D eigenvalue weighted by Gasteiger charge is -2.28. The number of ether oxygens (including phenoxy) is 3. The van der Waals surface area contributed by atoms with Crippen LogP contribution in [0, 0.1) is 11.8 Å². The van der Waals surface area contributed by atoms with E-state index in [1.165, 1.54) is 0 Å². The molecule has 0 saturated heterocycles. The van der Waals surface area contributed by atoms with Gasteiger partial charge < -0.3 is 35.7 Å². The molecule has 34 heavy (non-hydrogen) atoms. The molecule has 0 saturated carbocycles. The van der Waals surface area contributed by atoms with Crippen LogP contribution in [0.4, 0.5) is 11.4 Å². The summed E-state index contributed by atoms with van der Waals surface area (Å²) in [7, 11) is 4.85. The predicted molar refractivity (Wildman–Crippen MR) is 135 cm³/mol. The third-order valence-corrected chi connectivity index (χ3v) is 6.14. The van der Waals surface area contributed by atoms with Crippen molar-refractivity contribution in [3.63, 3.8) is 0 Å². The molecule has 9 heteroatoms. The Kier molecular flexibility index (Phi) is 10.8. The zero-order valence-electron chi connectivity index (χ0n) is 20.8. The van der Waals surface area contributed by atoms with Crippen molar-refractivity contribution in [3.05, 3.63) is 44.2 Å². The Morgan fingerprint density at radius 2 is 1.76 bits per heavy atom. The lowest BCUT2D eigenvalue weighted by molar-refractivity contribution is 0.137. The van der Waals surface area contributed by atoms with E-state index in [9.17, 15) is 14.7 Å². The molecule has 0 bridgehead atoms. The van der Waals surface area contributed by atoms with Crippen LogP contribution in [-0.4, -0.2) is 58.3 Å². The van der Waals surface area contributed by atoms with Crippen molar-refractivity contribution < 1.29 is 19.3 Å². The van der Waals surface area contributed by atoms with Gasteiger partial charge in [0, 0.05) is 39.8 Å². The molecule has 3 atom stereocenters. The smallest absolute Gasteiger partial charge is 0.253 e. The van der Waals surface area contributed by atoms with Crippen molar-refractivity contribution in [1.82, 2.24) is 0 Å². The highest BCUT2D eigenvalue weighted by molar-refractivity contribution is 5.73. The zero-order chi connectivity index (χ0) is 25.3. The first kappa shape index (κ1) is 27.6. The van der Waals surface area contributed by atoms with E-state index in [0.29, 0.717) is 37.1 Å². The Morgan fingerprint density at radius 3 is 2.38 bits per heavy atom. The Bertz CT molecular complexity index is 970. The first-order valence-corrected chi connectivity index (χ1v) is 11.7. The van der Waals surface area contributed by atoms with Gasteiger partial charge in [-0.3, -0.25) is 9.59 Å². The SMILES string of the molecule is CNc1c(NC[C@H](O)[C@@H](N)C[C@H](Cc2ccc(OC)c(OCCCOC)c2)C(C)C)c(=O)c1=O. The van der Waals surface area contributed by atoms with Crippen LogP contribution in [0.2, 0.25) is 0 Å². The molecule has 2 aromatic carbocycles. The van der Waals surface area contributed by atoms with Crippen molar-refractivity contribution in [2.75, 3.05) is 51.7 Å². The predicted octanol–water partition coefficient (Wildman–Crippen LogP) is 1.75. The summed E-state index contributed by atoms with van der Waals surface area (Å²) < 4.78 is 16.4. The summed E-state index contributed by atoms with van der Waals surface area (Å²) in [5.74, 6) is 1.93. The normalized spacial score (nSPS) is 14.1. The number of anilines is 2. The van der Waals surface area contributed by atoms with Gasteiger partial charge in [-0.15, -0.1) is 0 Å². The molecule has 0 spiro atoms. The van der Waals surface area contributed by atoms with Crippen molar-refractivity contribution >= 4 is 11.4 Å². The van der Waals surface area contributed by atoms with Crippen LogP contribution in [0.1, 0.15) is 32.3 Å². The average Bonchev–Trinajstić information content (AvgIpc) is 2.83. The van der Waals surface area contributed by atoms with E-state index in [-0.39, 0.29) is 23.8 Å². The molecule has 9 nitrogen and oxygen atoms in total. The first-order valence-electron chi connectivity index (χ1n) is 11.7. The second-order valence-electron chi connectivity index (χ2n) is 8.89. The quantitative estimate of drug-likeness (QED) is 0.211. The van der Waals surface area contributed by atoms with E-state index in [0.717, 1.165) is 18.4 Å². The van der Waals surface area contributed by atoms with Gasteiger partial charge in [0.1, 0.15) is 11.4 Å². The van der Waals surface area contributed by atoms with Gasteiger partial charge >= 0.3 is 0 Å². The van der Waals surface area contributed by atoms with Crippen LogP contribution in [0.15, 0.2) is 27.8 Å². The molecule has 5 N–H and O–H groups in total. The number of rotatable bonds is 16. The van der Waals surface area contributed by atoms with Gasteiger partial charge in [-0.25, -0.2) is 0 Å². The Balaban J connectivity index is 1.99. The number of hydrogen-bond acceptors (Lipinski definition) is 9.